The van der Waals surface area contributed by atoms with Crippen LogP contribution < -0.4 is 0 Å². The second-order valence-corrected chi connectivity index (χ2v) is 6.78. The summed E-state index contributed by atoms with van der Waals surface area (Å²) in [6.07, 6.45) is 19.8. The molecular formula is C20H26O. The number of carbonyl (C=O) groups is 1. The Hall–Kier alpha value is -1.37. The van der Waals surface area contributed by atoms with Crippen LogP contribution in [0.5, 0.6) is 0 Å². The zero-order valence-electron chi connectivity index (χ0n) is 13.1. The van der Waals surface area contributed by atoms with E-state index < -0.39 is 0 Å². The molecule has 0 N–H and O–H groups in total. The summed E-state index contributed by atoms with van der Waals surface area (Å²) in [5.74, 6) is 1.27. The fourth-order valence-corrected chi connectivity index (χ4v) is 3.97. The Kier molecular flexibility index (Phi) is 4.57. The average Bonchev–Trinajstić information content (AvgIpc) is 2.54. The quantitative estimate of drug-likeness (QED) is 0.507. The highest BCUT2D eigenvalue weighted by Crippen LogP contribution is 2.41. The van der Waals surface area contributed by atoms with Gasteiger partial charge in [0.05, 0.1) is 0 Å². The van der Waals surface area contributed by atoms with Gasteiger partial charge in [-0.2, -0.15) is 0 Å². The third-order valence-electron chi connectivity index (χ3n) is 5.29. The molecule has 0 saturated carbocycles. The molecule has 3 aliphatic rings. The Morgan fingerprint density at radius 2 is 2.14 bits per heavy atom. The highest BCUT2D eigenvalue weighted by atomic mass is 16.1. The molecule has 112 valence electrons. The van der Waals surface area contributed by atoms with Crippen LogP contribution in [0.4, 0.5) is 0 Å². The first-order valence-electron chi connectivity index (χ1n) is 8.53. The standard InChI is InChI=1S/C20H26O/c1-15-6-5-9-17-11-12-18(14-19(15)17)20(21)13-10-16-7-3-2-4-8-16/h3,7-8,10,13,15,18H,2,4-6,9,11-12,14H2,1H3/b13-10+. The molecule has 0 spiro atoms. The zero-order valence-corrected chi connectivity index (χ0v) is 13.1. The van der Waals surface area contributed by atoms with E-state index in [9.17, 15) is 4.79 Å². The van der Waals surface area contributed by atoms with Gasteiger partial charge in [-0.25, -0.2) is 0 Å². The molecule has 3 rings (SSSR count). The van der Waals surface area contributed by atoms with E-state index in [0.29, 0.717) is 11.7 Å². The van der Waals surface area contributed by atoms with Crippen LogP contribution in [0.25, 0.3) is 0 Å². The Bertz CT molecular complexity index is 530. The van der Waals surface area contributed by atoms with Gasteiger partial charge in [0.25, 0.3) is 0 Å². The van der Waals surface area contributed by atoms with Gasteiger partial charge in [-0.05, 0) is 68.9 Å². The van der Waals surface area contributed by atoms with Crippen LogP contribution in [0.1, 0.15) is 58.3 Å². The van der Waals surface area contributed by atoms with E-state index in [4.69, 9.17) is 0 Å². The van der Waals surface area contributed by atoms with Crippen molar-refractivity contribution in [1.29, 1.82) is 0 Å². The topological polar surface area (TPSA) is 17.1 Å². The first-order valence-corrected chi connectivity index (χ1v) is 8.53. The molecule has 3 aliphatic carbocycles. The maximum absolute atomic E-state index is 12.5. The smallest absolute Gasteiger partial charge is 0.159 e. The largest absolute Gasteiger partial charge is 0.295 e. The summed E-state index contributed by atoms with van der Waals surface area (Å²) in [5, 5.41) is 0. The van der Waals surface area contributed by atoms with Crippen molar-refractivity contribution in [3.8, 4) is 0 Å². The predicted octanol–water partition coefficient (Wildman–Crippen LogP) is 5.30. The molecule has 0 aromatic carbocycles. The molecule has 1 heteroatoms. The summed E-state index contributed by atoms with van der Waals surface area (Å²) in [4.78, 5) is 12.5. The Morgan fingerprint density at radius 3 is 2.95 bits per heavy atom. The molecule has 0 fully saturated rings. The number of carbonyl (C=O) groups excluding carboxylic acids is 1. The van der Waals surface area contributed by atoms with Gasteiger partial charge in [-0.15, -0.1) is 0 Å². The van der Waals surface area contributed by atoms with Crippen LogP contribution in [0, 0.1) is 11.8 Å². The molecule has 0 aliphatic heterocycles. The maximum atomic E-state index is 12.5. The van der Waals surface area contributed by atoms with Crippen LogP contribution in [-0.4, -0.2) is 5.78 Å². The molecule has 2 atom stereocenters. The predicted molar refractivity (Wildman–Crippen MR) is 88.0 cm³/mol. The second kappa shape index (κ2) is 6.60. The molecular weight excluding hydrogens is 256 g/mol. The lowest BCUT2D eigenvalue weighted by molar-refractivity contribution is -0.118. The van der Waals surface area contributed by atoms with E-state index in [2.05, 4.69) is 25.2 Å². The van der Waals surface area contributed by atoms with Crippen molar-refractivity contribution in [2.24, 2.45) is 11.8 Å². The minimum absolute atomic E-state index is 0.230. The summed E-state index contributed by atoms with van der Waals surface area (Å²) < 4.78 is 0. The highest BCUT2D eigenvalue weighted by Gasteiger charge is 2.29. The monoisotopic (exact) mass is 282 g/mol. The van der Waals surface area contributed by atoms with Crippen LogP contribution in [0.15, 0.2) is 47.1 Å². The highest BCUT2D eigenvalue weighted by molar-refractivity contribution is 5.92. The van der Waals surface area contributed by atoms with Gasteiger partial charge in [-0.1, -0.05) is 42.4 Å². The molecule has 0 heterocycles. The number of hydrogen-bond donors (Lipinski definition) is 0. The first kappa shape index (κ1) is 14.6. The first-order chi connectivity index (χ1) is 10.2. The normalized spacial score (nSPS) is 29.5. The van der Waals surface area contributed by atoms with Crippen molar-refractivity contribution in [3.63, 3.8) is 0 Å². The van der Waals surface area contributed by atoms with Crippen molar-refractivity contribution in [2.75, 3.05) is 0 Å². The fourth-order valence-electron chi connectivity index (χ4n) is 3.97. The van der Waals surface area contributed by atoms with Gasteiger partial charge >= 0.3 is 0 Å². The number of hydrogen-bond acceptors (Lipinski definition) is 1. The summed E-state index contributed by atoms with van der Waals surface area (Å²) in [6.45, 7) is 2.34. The van der Waals surface area contributed by atoms with Crippen LogP contribution >= 0.6 is 0 Å². The summed E-state index contributed by atoms with van der Waals surface area (Å²) in [7, 11) is 0. The summed E-state index contributed by atoms with van der Waals surface area (Å²) >= 11 is 0. The van der Waals surface area contributed by atoms with E-state index in [1.54, 1.807) is 11.1 Å². The summed E-state index contributed by atoms with van der Waals surface area (Å²) in [5.41, 5.74) is 4.49. The van der Waals surface area contributed by atoms with Crippen LogP contribution in [0.2, 0.25) is 0 Å². The Balaban J connectivity index is 1.64. The molecule has 0 saturated heterocycles. The fraction of sp³-hybridized carbons (Fsp3) is 0.550. The maximum Gasteiger partial charge on any atom is 0.159 e. The molecule has 0 bridgehead atoms. The van der Waals surface area contributed by atoms with E-state index in [1.165, 1.54) is 24.8 Å². The van der Waals surface area contributed by atoms with E-state index in [1.807, 2.05) is 12.2 Å². The van der Waals surface area contributed by atoms with Crippen molar-refractivity contribution in [1.82, 2.24) is 0 Å². The van der Waals surface area contributed by atoms with Crippen molar-refractivity contribution < 1.29 is 4.79 Å². The van der Waals surface area contributed by atoms with E-state index in [-0.39, 0.29) is 5.92 Å². The molecule has 0 aromatic rings. The van der Waals surface area contributed by atoms with Crippen LogP contribution in [-0.2, 0) is 4.79 Å². The molecule has 2 unspecified atom stereocenters. The lowest BCUT2D eigenvalue weighted by Gasteiger charge is -2.33. The third kappa shape index (κ3) is 3.45. The van der Waals surface area contributed by atoms with Gasteiger partial charge in [0.1, 0.15) is 0 Å². The minimum Gasteiger partial charge on any atom is -0.295 e. The molecule has 0 amide bonds. The Morgan fingerprint density at radius 1 is 1.24 bits per heavy atom. The SMILES string of the molecule is CC1CCCC2=C1CC(C(=O)/C=C/C1=CCCC=C1)CC2. The van der Waals surface area contributed by atoms with Gasteiger partial charge in [-0.3, -0.25) is 4.79 Å². The number of allylic oxidation sites excluding steroid dienone is 8. The van der Waals surface area contributed by atoms with E-state index >= 15 is 0 Å². The third-order valence-corrected chi connectivity index (χ3v) is 5.29. The van der Waals surface area contributed by atoms with E-state index in [0.717, 1.165) is 32.1 Å². The lowest BCUT2D eigenvalue weighted by atomic mass is 9.72. The number of ketones is 1. The minimum atomic E-state index is 0.230. The zero-order chi connectivity index (χ0) is 14.7. The summed E-state index contributed by atoms with van der Waals surface area (Å²) in [6, 6.07) is 0. The van der Waals surface area contributed by atoms with Crippen molar-refractivity contribution in [3.05, 3.63) is 47.1 Å². The second-order valence-electron chi connectivity index (χ2n) is 6.78. The average molecular weight is 282 g/mol. The van der Waals surface area contributed by atoms with Gasteiger partial charge in [0.2, 0.25) is 0 Å². The molecule has 1 nitrogen and oxygen atoms in total. The Labute approximate surface area is 128 Å². The lowest BCUT2D eigenvalue weighted by Crippen LogP contribution is -2.23. The van der Waals surface area contributed by atoms with Crippen molar-refractivity contribution >= 4 is 5.78 Å². The van der Waals surface area contributed by atoms with Gasteiger partial charge in [0, 0.05) is 5.92 Å². The molecule has 0 aromatic heterocycles. The number of rotatable bonds is 3. The molecule has 0 radical (unpaired) electrons. The van der Waals surface area contributed by atoms with Crippen LogP contribution in [0.3, 0.4) is 0 Å². The van der Waals surface area contributed by atoms with Gasteiger partial charge in [0.15, 0.2) is 5.78 Å². The molecule has 21 heavy (non-hydrogen) atoms. The van der Waals surface area contributed by atoms with Gasteiger partial charge < -0.3 is 0 Å². The van der Waals surface area contributed by atoms with Crippen molar-refractivity contribution in [2.45, 2.75) is 58.3 Å².